The van der Waals surface area contributed by atoms with Gasteiger partial charge in [0.1, 0.15) is 0 Å². The number of amides is 1. The summed E-state index contributed by atoms with van der Waals surface area (Å²) >= 11 is 0. The summed E-state index contributed by atoms with van der Waals surface area (Å²) < 4.78 is 5.50. The van der Waals surface area contributed by atoms with Crippen molar-refractivity contribution in [2.75, 3.05) is 13.2 Å². The van der Waals surface area contributed by atoms with Crippen LogP contribution in [-0.4, -0.2) is 47.4 Å². The summed E-state index contributed by atoms with van der Waals surface area (Å²) in [5.74, 6) is -0.0451. The summed E-state index contributed by atoms with van der Waals surface area (Å²) in [6.45, 7) is 4.95. The van der Waals surface area contributed by atoms with Gasteiger partial charge in [-0.3, -0.25) is 9.59 Å². The zero-order chi connectivity index (χ0) is 61.3. The van der Waals surface area contributed by atoms with E-state index in [0.29, 0.717) is 19.4 Å². The van der Waals surface area contributed by atoms with Crippen LogP contribution in [0.1, 0.15) is 444 Å². The average Bonchev–Trinajstić information content (AvgIpc) is 3.51. The van der Waals surface area contributed by atoms with E-state index in [4.69, 9.17) is 4.74 Å². The lowest BCUT2D eigenvalue weighted by molar-refractivity contribution is -0.143. The molecule has 0 aliphatic carbocycles. The highest BCUT2D eigenvalue weighted by atomic mass is 16.5. The molecule has 6 heteroatoms. The molecule has 2 unspecified atom stereocenters. The van der Waals surface area contributed by atoms with Crippen molar-refractivity contribution in [1.82, 2.24) is 5.32 Å². The van der Waals surface area contributed by atoms with Crippen LogP contribution in [0.25, 0.3) is 0 Å². The van der Waals surface area contributed by atoms with Gasteiger partial charge in [-0.15, -0.1) is 0 Å². The van der Waals surface area contributed by atoms with Crippen LogP contribution in [0.3, 0.4) is 0 Å². The van der Waals surface area contributed by atoms with E-state index in [0.717, 1.165) is 44.9 Å². The Balaban J connectivity index is 3.35. The number of carbonyl (C=O) groups excluding carboxylic acids is 2. The summed E-state index contributed by atoms with van der Waals surface area (Å²) in [5, 5.41) is 23.3. The smallest absolute Gasteiger partial charge is 0.305 e. The van der Waals surface area contributed by atoms with Gasteiger partial charge in [-0.25, -0.2) is 0 Å². The van der Waals surface area contributed by atoms with Gasteiger partial charge in [0.2, 0.25) is 5.91 Å². The van der Waals surface area contributed by atoms with E-state index in [-0.39, 0.29) is 18.5 Å². The Morgan fingerprint density at radius 2 is 0.553 bits per heavy atom. The molecule has 0 aliphatic heterocycles. The van der Waals surface area contributed by atoms with Gasteiger partial charge in [-0.1, -0.05) is 398 Å². The number of aliphatic hydroxyl groups is 2. The number of hydrogen-bond acceptors (Lipinski definition) is 5. The average molecular weight is 1200 g/mol. The first-order valence-corrected chi connectivity index (χ1v) is 39.1. The number of esters is 1. The Kier molecular flexibility index (Phi) is 73.3. The molecule has 0 aliphatic rings. The maximum absolute atomic E-state index is 12.5. The Hall–Kier alpha value is -1.66. The third-order valence-corrected chi connectivity index (χ3v) is 18.5. The molecule has 2 atom stereocenters. The Bertz CT molecular complexity index is 1330. The number of aliphatic hydroxyl groups excluding tert-OH is 2. The van der Waals surface area contributed by atoms with Crippen LogP contribution >= 0.6 is 0 Å². The summed E-state index contributed by atoms with van der Waals surface area (Å²) in [6.07, 6.45) is 95.8. The first-order valence-electron chi connectivity index (χ1n) is 39.1. The zero-order valence-electron chi connectivity index (χ0n) is 57.9. The second kappa shape index (κ2) is 74.8. The second-order valence-electron chi connectivity index (χ2n) is 27.0. The number of unbranched alkanes of at least 4 members (excludes halogenated alkanes) is 61. The predicted octanol–water partition coefficient (Wildman–Crippen LogP) is 25.7. The van der Waals surface area contributed by atoms with Gasteiger partial charge in [0, 0.05) is 12.8 Å². The molecule has 0 aromatic rings. The molecule has 1 amide bonds. The van der Waals surface area contributed by atoms with Crippen LogP contribution in [0.5, 0.6) is 0 Å². The van der Waals surface area contributed by atoms with E-state index in [1.165, 1.54) is 372 Å². The molecule has 0 saturated heterocycles. The van der Waals surface area contributed by atoms with Crippen LogP contribution in [0.2, 0.25) is 0 Å². The minimum absolute atomic E-state index is 0.0140. The molecular weight excluding hydrogens is 1040 g/mol. The number of hydrogen-bond donors (Lipinski definition) is 3. The Labute approximate surface area is 532 Å². The topological polar surface area (TPSA) is 95.9 Å². The Morgan fingerprint density at radius 1 is 0.318 bits per heavy atom. The zero-order valence-corrected chi connectivity index (χ0v) is 57.9. The lowest BCUT2D eigenvalue weighted by atomic mass is 10.0. The fourth-order valence-electron chi connectivity index (χ4n) is 12.5. The molecule has 3 N–H and O–H groups in total. The van der Waals surface area contributed by atoms with Crippen molar-refractivity contribution >= 4 is 11.9 Å². The minimum Gasteiger partial charge on any atom is -0.466 e. The van der Waals surface area contributed by atoms with Gasteiger partial charge in [0.25, 0.3) is 0 Å². The van der Waals surface area contributed by atoms with E-state index in [1.807, 2.05) is 6.08 Å². The number of allylic oxidation sites excluding steroid dienone is 3. The van der Waals surface area contributed by atoms with Gasteiger partial charge in [-0.05, 0) is 57.8 Å². The molecule has 0 rings (SSSR count). The molecule has 0 spiro atoms. The minimum atomic E-state index is -0.842. The standard InChI is InChI=1S/C79H153NO5/c1-3-5-7-9-11-13-15-17-19-21-22-34-37-40-43-47-51-55-59-63-67-71-77(82)76(75-81)80-78(83)72-68-64-60-56-52-48-44-41-38-35-32-30-28-26-24-23-25-27-29-31-33-36-39-42-46-50-54-58-62-66-70-74-85-79(84)73-69-65-61-57-53-49-45-20-18-16-14-12-10-8-6-4-2/h20,45,67,71,76-77,81-82H,3-19,21-44,46-66,68-70,72-75H2,1-2H3,(H,80,83)/b45-20-,71-67+. The van der Waals surface area contributed by atoms with Crippen molar-refractivity contribution < 1.29 is 24.5 Å². The maximum atomic E-state index is 12.5. The molecular formula is C79H153NO5. The van der Waals surface area contributed by atoms with Gasteiger partial charge in [-0.2, -0.15) is 0 Å². The summed E-state index contributed by atoms with van der Waals surface area (Å²) in [4.78, 5) is 24.6. The van der Waals surface area contributed by atoms with Gasteiger partial charge < -0.3 is 20.3 Å². The molecule has 0 aromatic carbocycles. The number of nitrogens with one attached hydrogen (secondary N) is 1. The lowest BCUT2D eigenvalue weighted by Crippen LogP contribution is -2.45. The molecule has 6 nitrogen and oxygen atoms in total. The fraction of sp³-hybridized carbons (Fsp3) is 0.924. The van der Waals surface area contributed by atoms with Crippen molar-refractivity contribution in [3.05, 3.63) is 24.3 Å². The SMILES string of the molecule is CCCCCCCCC/C=C\CCCCCCCC(=O)OCCCCCCCCCCCCCCCCCCCCCCCCCCCCCCCCCC(=O)NC(CO)C(O)/C=C/CCCCCCCCCCCCCCCCCCCCC. The van der Waals surface area contributed by atoms with Crippen molar-refractivity contribution in [2.24, 2.45) is 0 Å². The van der Waals surface area contributed by atoms with Crippen molar-refractivity contribution in [2.45, 2.75) is 456 Å². The second-order valence-corrected chi connectivity index (χ2v) is 27.0. The van der Waals surface area contributed by atoms with E-state index >= 15 is 0 Å². The molecule has 85 heavy (non-hydrogen) atoms. The molecule has 0 fully saturated rings. The molecule has 0 bridgehead atoms. The van der Waals surface area contributed by atoms with Crippen LogP contribution < -0.4 is 5.32 Å². The first kappa shape index (κ1) is 83.3. The number of ether oxygens (including phenoxy) is 1. The van der Waals surface area contributed by atoms with E-state index in [2.05, 4.69) is 31.3 Å². The normalized spacial score (nSPS) is 12.6. The van der Waals surface area contributed by atoms with E-state index in [1.54, 1.807) is 6.08 Å². The lowest BCUT2D eigenvalue weighted by Gasteiger charge is -2.20. The van der Waals surface area contributed by atoms with Gasteiger partial charge in [0.05, 0.1) is 25.4 Å². The summed E-state index contributed by atoms with van der Waals surface area (Å²) in [7, 11) is 0. The van der Waals surface area contributed by atoms with E-state index < -0.39 is 12.1 Å². The van der Waals surface area contributed by atoms with Crippen LogP contribution in [0.15, 0.2) is 24.3 Å². The van der Waals surface area contributed by atoms with Crippen molar-refractivity contribution in [1.29, 1.82) is 0 Å². The molecule has 0 aromatic heterocycles. The molecule has 504 valence electrons. The van der Waals surface area contributed by atoms with Gasteiger partial charge >= 0.3 is 5.97 Å². The monoisotopic (exact) mass is 1200 g/mol. The first-order chi connectivity index (χ1) is 42.0. The molecule has 0 saturated carbocycles. The third kappa shape index (κ3) is 71.3. The fourth-order valence-corrected chi connectivity index (χ4v) is 12.5. The highest BCUT2D eigenvalue weighted by Gasteiger charge is 2.18. The third-order valence-electron chi connectivity index (χ3n) is 18.5. The molecule has 0 radical (unpaired) electrons. The summed E-state index contributed by atoms with van der Waals surface area (Å²) in [5.41, 5.74) is 0. The van der Waals surface area contributed by atoms with Crippen LogP contribution in [0.4, 0.5) is 0 Å². The Morgan fingerprint density at radius 3 is 0.835 bits per heavy atom. The van der Waals surface area contributed by atoms with Crippen molar-refractivity contribution in [3.63, 3.8) is 0 Å². The molecule has 0 heterocycles. The largest absolute Gasteiger partial charge is 0.466 e. The predicted molar refractivity (Wildman–Crippen MR) is 375 cm³/mol. The van der Waals surface area contributed by atoms with Crippen molar-refractivity contribution in [3.8, 4) is 0 Å². The highest BCUT2D eigenvalue weighted by molar-refractivity contribution is 5.76. The number of carbonyl (C=O) groups is 2. The quantitative estimate of drug-likeness (QED) is 0.0320. The summed E-state index contributed by atoms with van der Waals surface area (Å²) in [6, 6.07) is -0.625. The van der Waals surface area contributed by atoms with Gasteiger partial charge in [0.15, 0.2) is 0 Å². The maximum Gasteiger partial charge on any atom is 0.305 e. The van der Waals surface area contributed by atoms with Crippen LogP contribution in [-0.2, 0) is 14.3 Å². The number of rotatable bonds is 74. The van der Waals surface area contributed by atoms with E-state index in [9.17, 15) is 19.8 Å². The highest BCUT2D eigenvalue weighted by Crippen LogP contribution is 2.20. The van der Waals surface area contributed by atoms with Crippen LogP contribution in [0, 0.1) is 0 Å².